The van der Waals surface area contributed by atoms with Gasteiger partial charge in [0.2, 0.25) is 0 Å². The van der Waals surface area contributed by atoms with E-state index in [1.165, 1.54) is 12.1 Å². The van der Waals surface area contributed by atoms with Crippen molar-refractivity contribution in [3.8, 4) is 0 Å². The first-order chi connectivity index (χ1) is 6.81. The Morgan fingerprint density at radius 2 is 2.50 bits per heavy atom. The summed E-state index contributed by atoms with van der Waals surface area (Å²) in [7, 11) is 0. The van der Waals surface area contributed by atoms with Gasteiger partial charge in [0, 0.05) is 18.7 Å². The Morgan fingerprint density at radius 3 is 3.14 bits per heavy atom. The fourth-order valence-electron chi connectivity index (χ4n) is 2.20. The van der Waals surface area contributed by atoms with Crippen molar-refractivity contribution in [1.29, 1.82) is 0 Å². The standard InChI is InChI=1S/C11H19N3/c1-3-14-7-11(13-8-14)10-4-5-12-6-9(10)2/h7-10,12H,3-6H2,1-2H3. The van der Waals surface area contributed by atoms with E-state index in [0.717, 1.165) is 19.6 Å². The quantitative estimate of drug-likeness (QED) is 0.773. The Balaban J connectivity index is 2.12. The van der Waals surface area contributed by atoms with Crippen LogP contribution in [0.5, 0.6) is 0 Å². The number of rotatable bonds is 2. The maximum Gasteiger partial charge on any atom is 0.0949 e. The molecule has 1 aromatic heterocycles. The summed E-state index contributed by atoms with van der Waals surface area (Å²) in [5.74, 6) is 1.37. The zero-order chi connectivity index (χ0) is 9.97. The maximum atomic E-state index is 4.50. The Hall–Kier alpha value is -0.830. The smallest absolute Gasteiger partial charge is 0.0949 e. The lowest BCUT2D eigenvalue weighted by molar-refractivity contribution is 0.344. The van der Waals surface area contributed by atoms with Gasteiger partial charge in [-0.1, -0.05) is 6.92 Å². The molecule has 0 radical (unpaired) electrons. The van der Waals surface area contributed by atoms with Crippen molar-refractivity contribution in [2.75, 3.05) is 13.1 Å². The van der Waals surface area contributed by atoms with Gasteiger partial charge in [-0.3, -0.25) is 0 Å². The minimum absolute atomic E-state index is 0.657. The SMILES string of the molecule is CCn1cnc(C2CCNCC2C)c1. The van der Waals surface area contributed by atoms with Crippen LogP contribution in [0.4, 0.5) is 0 Å². The van der Waals surface area contributed by atoms with E-state index in [-0.39, 0.29) is 0 Å². The molecule has 2 heterocycles. The fraction of sp³-hybridized carbons (Fsp3) is 0.727. The van der Waals surface area contributed by atoms with Crippen molar-refractivity contribution < 1.29 is 0 Å². The van der Waals surface area contributed by atoms with E-state index in [1.54, 1.807) is 0 Å². The zero-order valence-corrected chi connectivity index (χ0v) is 9.03. The number of hydrogen-bond acceptors (Lipinski definition) is 2. The van der Waals surface area contributed by atoms with Gasteiger partial charge in [-0.25, -0.2) is 4.98 Å². The summed E-state index contributed by atoms with van der Waals surface area (Å²) in [6.45, 7) is 7.74. The lowest BCUT2D eigenvalue weighted by Crippen LogP contribution is -2.33. The highest BCUT2D eigenvalue weighted by Crippen LogP contribution is 2.28. The number of piperidine rings is 1. The van der Waals surface area contributed by atoms with Gasteiger partial charge in [0.05, 0.1) is 12.0 Å². The van der Waals surface area contributed by atoms with Crippen LogP contribution in [-0.2, 0) is 6.54 Å². The first-order valence-electron chi connectivity index (χ1n) is 5.53. The normalized spacial score (nSPS) is 27.9. The second-order valence-corrected chi connectivity index (χ2v) is 4.21. The van der Waals surface area contributed by atoms with Crippen LogP contribution in [0.3, 0.4) is 0 Å². The van der Waals surface area contributed by atoms with E-state index in [1.807, 2.05) is 6.33 Å². The van der Waals surface area contributed by atoms with Gasteiger partial charge in [-0.2, -0.15) is 0 Å². The average Bonchev–Trinajstić information content (AvgIpc) is 2.67. The van der Waals surface area contributed by atoms with Gasteiger partial charge >= 0.3 is 0 Å². The minimum Gasteiger partial charge on any atom is -0.337 e. The number of nitrogens with zero attached hydrogens (tertiary/aromatic N) is 2. The molecule has 3 nitrogen and oxygen atoms in total. The van der Waals surface area contributed by atoms with Crippen molar-refractivity contribution in [2.24, 2.45) is 5.92 Å². The molecule has 0 saturated carbocycles. The molecule has 1 saturated heterocycles. The zero-order valence-electron chi connectivity index (χ0n) is 9.03. The van der Waals surface area contributed by atoms with E-state index in [2.05, 4.69) is 34.9 Å². The highest BCUT2D eigenvalue weighted by atomic mass is 15.0. The molecule has 2 atom stereocenters. The highest BCUT2D eigenvalue weighted by molar-refractivity contribution is 5.08. The van der Waals surface area contributed by atoms with Gasteiger partial charge in [-0.15, -0.1) is 0 Å². The molecule has 0 amide bonds. The molecule has 0 bridgehead atoms. The van der Waals surface area contributed by atoms with Gasteiger partial charge in [-0.05, 0) is 32.4 Å². The van der Waals surface area contributed by atoms with E-state index >= 15 is 0 Å². The molecule has 0 aromatic carbocycles. The molecular formula is C11H19N3. The Labute approximate surface area is 85.5 Å². The van der Waals surface area contributed by atoms with Crippen LogP contribution in [0, 0.1) is 5.92 Å². The lowest BCUT2D eigenvalue weighted by atomic mass is 9.86. The van der Waals surface area contributed by atoms with Crippen molar-refractivity contribution in [3.63, 3.8) is 0 Å². The first kappa shape index (κ1) is 9.71. The summed E-state index contributed by atoms with van der Waals surface area (Å²) in [5, 5.41) is 3.42. The summed E-state index contributed by atoms with van der Waals surface area (Å²) >= 11 is 0. The third-order valence-electron chi connectivity index (χ3n) is 3.18. The van der Waals surface area contributed by atoms with Crippen LogP contribution in [-0.4, -0.2) is 22.6 Å². The summed E-state index contributed by atoms with van der Waals surface area (Å²) in [4.78, 5) is 4.50. The summed E-state index contributed by atoms with van der Waals surface area (Å²) in [5.41, 5.74) is 1.28. The second-order valence-electron chi connectivity index (χ2n) is 4.21. The van der Waals surface area contributed by atoms with Crippen molar-refractivity contribution >= 4 is 0 Å². The predicted octanol–water partition coefficient (Wildman–Crippen LogP) is 1.62. The molecule has 0 aliphatic carbocycles. The molecule has 1 fully saturated rings. The molecule has 1 aliphatic rings. The molecular weight excluding hydrogens is 174 g/mol. The predicted molar refractivity (Wildman–Crippen MR) is 57.3 cm³/mol. The van der Waals surface area contributed by atoms with Crippen molar-refractivity contribution in [1.82, 2.24) is 14.9 Å². The van der Waals surface area contributed by atoms with Gasteiger partial charge in [0.1, 0.15) is 0 Å². The van der Waals surface area contributed by atoms with Crippen molar-refractivity contribution in [2.45, 2.75) is 32.7 Å². The minimum atomic E-state index is 0.657. The first-order valence-corrected chi connectivity index (χ1v) is 5.53. The Morgan fingerprint density at radius 1 is 1.64 bits per heavy atom. The largest absolute Gasteiger partial charge is 0.337 e. The Bertz CT molecular complexity index is 292. The van der Waals surface area contributed by atoms with Crippen LogP contribution in [0.25, 0.3) is 0 Å². The number of aromatic nitrogens is 2. The topological polar surface area (TPSA) is 29.9 Å². The van der Waals surface area contributed by atoms with Crippen LogP contribution < -0.4 is 5.32 Å². The van der Waals surface area contributed by atoms with Crippen LogP contribution in [0.15, 0.2) is 12.5 Å². The summed E-state index contributed by atoms with van der Waals surface area (Å²) in [6, 6.07) is 0. The molecule has 2 rings (SSSR count). The van der Waals surface area contributed by atoms with E-state index < -0.39 is 0 Å². The molecule has 1 N–H and O–H groups in total. The molecule has 1 aliphatic heterocycles. The summed E-state index contributed by atoms with van der Waals surface area (Å²) in [6.07, 6.45) is 5.37. The van der Waals surface area contributed by atoms with Crippen LogP contribution in [0.2, 0.25) is 0 Å². The molecule has 3 heteroatoms. The Kier molecular flexibility index (Phi) is 2.87. The second kappa shape index (κ2) is 4.13. The van der Waals surface area contributed by atoms with E-state index in [0.29, 0.717) is 11.8 Å². The van der Waals surface area contributed by atoms with E-state index in [4.69, 9.17) is 0 Å². The van der Waals surface area contributed by atoms with Crippen LogP contribution >= 0.6 is 0 Å². The van der Waals surface area contributed by atoms with Gasteiger partial charge in [0.25, 0.3) is 0 Å². The number of imidazole rings is 1. The monoisotopic (exact) mass is 193 g/mol. The third kappa shape index (κ3) is 1.82. The third-order valence-corrected chi connectivity index (χ3v) is 3.18. The van der Waals surface area contributed by atoms with Crippen molar-refractivity contribution in [3.05, 3.63) is 18.2 Å². The number of nitrogens with one attached hydrogen (secondary N) is 1. The average molecular weight is 193 g/mol. The van der Waals surface area contributed by atoms with E-state index in [9.17, 15) is 0 Å². The van der Waals surface area contributed by atoms with Gasteiger partial charge in [0.15, 0.2) is 0 Å². The van der Waals surface area contributed by atoms with Crippen LogP contribution in [0.1, 0.15) is 31.9 Å². The highest BCUT2D eigenvalue weighted by Gasteiger charge is 2.24. The summed E-state index contributed by atoms with van der Waals surface area (Å²) < 4.78 is 2.16. The molecule has 0 spiro atoms. The molecule has 2 unspecified atom stereocenters. The number of aryl methyl sites for hydroxylation is 1. The molecule has 78 valence electrons. The lowest BCUT2D eigenvalue weighted by Gasteiger charge is -2.28. The number of hydrogen-bond donors (Lipinski definition) is 1. The fourth-order valence-corrected chi connectivity index (χ4v) is 2.20. The molecule has 14 heavy (non-hydrogen) atoms. The molecule has 1 aromatic rings. The van der Waals surface area contributed by atoms with Gasteiger partial charge < -0.3 is 9.88 Å². The maximum absolute atomic E-state index is 4.50.